The number of carbonyl (C=O) groups is 1. The van der Waals surface area contributed by atoms with E-state index in [4.69, 9.17) is 4.74 Å². The second-order valence-corrected chi connectivity index (χ2v) is 7.35. The van der Waals surface area contributed by atoms with Gasteiger partial charge in [0.1, 0.15) is 0 Å². The highest BCUT2D eigenvalue weighted by Gasteiger charge is 2.14. The molecule has 1 aliphatic heterocycles. The molecule has 0 bridgehead atoms. The summed E-state index contributed by atoms with van der Waals surface area (Å²) in [6.45, 7) is 1.75. The molecule has 2 aromatic carbocycles. The number of hydrogen-bond acceptors (Lipinski definition) is 3. The number of ether oxygens (including phenoxy) is 1. The Morgan fingerprint density at radius 3 is 2.72 bits per heavy atom. The summed E-state index contributed by atoms with van der Waals surface area (Å²) >= 11 is 1.98. The van der Waals surface area contributed by atoms with Crippen molar-refractivity contribution in [1.82, 2.24) is 0 Å². The maximum Gasteiger partial charge on any atom is 0.248 e. The Hall–Kier alpha value is -2.04. The number of hydrogen-bond donors (Lipinski definition) is 1. The summed E-state index contributed by atoms with van der Waals surface area (Å²) in [5, 5.41) is 3.62. The fraction of sp³-hybridized carbons (Fsp3) is 0.286. The standard InChI is InChI=1S/C21H23NO2S/c23-21(10-9-17-5-2-1-3-6-17)22-19-8-4-7-18(15-19)16-25-20-11-13-24-14-12-20/h1-10,15,20H,11-14,16H2,(H,22,23)/b10-9+. The lowest BCUT2D eigenvalue weighted by atomic mass is 10.2. The minimum Gasteiger partial charge on any atom is -0.381 e. The van der Waals surface area contributed by atoms with Gasteiger partial charge in [0.05, 0.1) is 0 Å². The quantitative estimate of drug-likeness (QED) is 0.762. The maximum absolute atomic E-state index is 12.1. The van der Waals surface area contributed by atoms with E-state index in [2.05, 4.69) is 17.4 Å². The van der Waals surface area contributed by atoms with Gasteiger partial charge < -0.3 is 10.1 Å². The molecule has 0 unspecified atom stereocenters. The summed E-state index contributed by atoms with van der Waals surface area (Å²) in [6, 6.07) is 17.9. The highest BCUT2D eigenvalue weighted by atomic mass is 32.2. The zero-order valence-corrected chi connectivity index (χ0v) is 15.0. The molecule has 0 aliphatic carbocycles. The fourth-order valence-corrected chi connectivity index (χ4v) is 3.85. The summed E-state index contributed by atoms with van der Waals surface area (Å²) in [7, 11) is 0. The topological polar surface area (TPSA) is 38.3 Å². The Labute approximate surface area is 153 Å². The van der Waals surface area contributed by atoms with Crippen LogP contribution in [0.5, 0.6) is 0 Å². The van der Waals surface area contributed by atoms with Crippen molar-refractivity contribution in [2.75, 3.05) is 18.5 Å². The fourth-order valence-electron chi connectivity index (χ4n) is 2.72. The van der Waals surface area contributed by atoms with Crippen LogP contribution >= 0.6 is 11.8 Å². The van der Waals surface area contributed by atoms with Crippen LogP contribution < -0.4 is 5.32 Å². The predicted octanol–water partition coefficient (Wildman–Crippen LogP) is 4.75. The number of thioether (sulfide) groups is 1. The molecule has 0 atom stereocenters. The molecule has 0 saturated carbocycles. The van der Waals surface area contributed by atoms with Crippen LogP contribution in [-0.2, 0) is 15.3 Å². The van der Waals surface area contributed by atoms with Gasteiger partial charge >= 0.3 is 0 Å². The number of nitrogens with one attached hydrogen (secondary N) is 1. The van der Waals surface area contributed by atoms with Crippen molar-refractivity contribution in [3.8, 4) is 0 Å². The van der Waals surface area contributed by atoms with Gasteiger partial charge in [-0.3, -0.25) is 4.79 Å². The Kier molecular flexibility index (Phi) is 6.71. The van der Waals surface area contributed by atoms with Gasteiger partial charge in [-0.25, -0.2) is 0 Å². The SMILES string of the molecule is O=C(/C=C/c1ccccc1)Nc1cccc(CSC2CCOCC2)c1. The zero-order chi connectivity index (χ0) is 17.3. The summed E-state index contributed by atoms with van der Waals surface area (Å²) in [6.07, 6.45) is 5.65. The Bertz CT molecular complexity index is 709. The normalized spacial score (nSPS) is 15.4. The Morgan fingerprint density at radius 2 is 1.92 bits per heavy atom. The highest BCUT2D eigenvalue weighted by molar-refractivity contribution is 7.99. The monoisotopic (exact) mass is 353 g/mol. The Morgan fingerprint density at radius 1 is 1.12 bits per heavy atom. The van der Waals surface area contributed by atoms with E-state index in [1.807, 2.05) is 60.3 Å². The minimum atomic E-state index is -0.113. The molecule has 0 radical (unpaired) electrons. The summed E-state index contributed by atoms with van der Waals surface area (Å²) in [5.41, 5.74) is 3.09. The van der Waals surface area contributed by atoms with Crippen LogP contribution in [0.15, 0.2) is 60.7 Å². The molecule has 4 heteroatoms. The lowest BCUT2D eigenvalue weighted by molar-refractivity contribution is -0.111. The molecule has 0 aromatic heterocycles. The third-order valence-corrected chi connectivity index (χ3v) is 5.52. The third kappa shape index (κ3) is 6.07. The second kappa shape index (κ2) is 9.44. The van der Waals surface area contributed by atoms with E-state index in [0.717, 1.165) is 43.1 Å². The number of amides is 1. The number of benzene rings is 2. The minimum absolute atomic E-state index is 0.113. The van der Waals surface area contributed by atoms with E-state index in [0.29, 0.717) is 5.25 Å². The van der Waals surface area contributed by atoms with Gasteiger partial charge in [0, 0.05) is 36.0 Å². The molecule has 2 aromatic rings. The van der Waals surface area contributed by atoms with Crippen LogP contribution in [0.2, 0.25) is 0 Å². The van der Waals surface area contributed by atoms with Gasteiger partial charge in [-0.15, -0.1) is 0 Å². The largest absolute Gasteiger partial charge is 0.381 e. The van der Waals surface area contributed by atoms with Crippen molar-refractivity contribution < 1.29 is 9.53 Å². The first-order valence-electron chi connectivity index (χ1n) is 8.62. The first kappa shape index (κ1) is 17.8. The summed E-state index contributed by atoms with van der Waals surface area (Å²) < 4.78 is 5.40. The summed E-state index contributed by atoms with van der Waals surface area (Å²) in [4.78, 5) is 12.1. The Balaban J connectivity index is 1.52. The van der Waals surface area contributed by atoms with Crippen molar-refractivity contribution in [3.05, 3.63) is 71.8 Å². The van der Waals surface area contributed by atoms with Crippen LogP contribution in [0.1, 0.15) is 24.0 Å². The van der Waals surface area contributed by atoms with Crippen LogP contribution in [0, 0.1) is 0 Å². The van der Waals surface area contributed by atoms with E-state index in [-0.39, 0.29) is 5.91 Å². The zero-order valence-electron chi connectivity index (χ0n) is 14.2. The molecule has 0 spiro atoms. The molecule has 1 saturated heterocycles. The van der Waals surface area contributed by atoms with Gasteiger partial charge in [-0.2, -0.15) is 11.8 Å². The molecular weight excluding hydrogens is 330 g/mol. The first-order valence-corrected chi connectivity index (χ1v) is 9.67. The highest BCUT2D eigenvalue weighted by Crippen LogP contribution is 2.26. The molecule has 1 N–H and O–H groups in total. The molecule has 25 heavy (non-hydrogen) atoms. The average Bonchev–Trinajstić information content (AvgIpc) is 2.67. The van der Waals surface area contributed by atoms with Crippen molar-refractivity contribution in [1.29, 1.82) is 0 Å². The van der Waals surface area contributed by atoms with E-state index in [1.54, 1.807) is 6.08 Å². The summed E-state index contributed by atoms with van der Waals surface area (Å²) in [5.74, 6) is 0.854. The van der Waals surface area contributed by atoms with Gasteiger partial charge in [-0.1, -0.05) is 42.5 Å². The van der Waals surface area contributed by atoms with Gasteiger partial charge in [0.15, 0.2) is 0 Å². The van der Waals surface area contributed by atoms with E-state index >= 15 is 0 Å². The maximum atomic E-state index is 12.1. The van der Waals surface area contributed by atoms with Crippen LogP contribution in [0.3, 0.4) is 0 Å². The third-order valence-electron chi connectivity index (χ3n) is 4.08. The molecular formula is C21H23NO2S. The average molecular weight is 353 g/mol. The number of carbonyl (C=O) groups excluding carboxylic acids is 1. The van der Waals surface area contributed by atoms with Gasteiger partial charge in [0.2, 0.25) is 5.91 Å². The van der Waals surface area contributed by atoms with Crippen LogP contribution in [0.4, 0.5) is 5.69 Å². The molecule has 130 valence electrons. The van der Waals surface area contributed by atoms with Crippen molar-refractivity contribution >= 4 is 29.4 Å². The van der Waals surface area contributed by atoms with Crippen molar-refractivity contribution in [2.24, 2.45) is 0 Å². The van der Waals surface area contributed by atoms with Crippen molar-refractivity contribution in [2.45, 2.75) is 23.8 Å². The molecule has 1 fully saturated rings. The molecule has 1 amide bonds. The first-order chi connectivity index (χ1) is 12.3. The van der Waals surface area contributed by atoms with E-state index in [1.165, 1.54) is 5.56 Å². The smallest absolute Gasteiger partial charge is 0.248 e. The van der Waals surface area contributed by atoms with Gasteiger partial charge in [0.25, 0.3) is 0 Å². The molecule has 1 aliphatic rings. The number of rotatable bonds is 6. The van der Waals surface area contributed by atoms with Crippen LogP contribution in [-0.4, -0.2) is 24.4 Å². The van der Waals surface area contributed by atoms with Crippen LogP contribution in [0.25, 0.3) is 6.08 Å². The lowest BCUT2D eigenvalue weighted by Gasteiger charge is -2.21. The van der Waals surface area contributed by atoms with E-state index < -0.39 is 0 Å². The number of anilines is 1. The molecule has 1 heterocycles. The molecule has 3 nitrogen and oxygen atoms in total. The van der Waals surface area contributed by atoms with Crippen molar-refractivity contribution in [3.63, 3.8) is 0 Å². The predicted molar refractivity (Wildman–Crippen MR) is 106 cm³/mol. The molecule has 3 rings (SSSR count). The van der Waals surface area contributed by atoms with Gasteiger partial charge in [-0.05, 0) is 42.2 Å². The van der Waals surface area contributed by atoms with E-state index in [9.17, 15) is 4.79 Å². The second-order valence-electron chi connectivity index (χ2n) is 6.06. The lowest BCUT2D eigenvalue weighted by Crippen LogP contribution is -2.17.